The van der Waals surface area contributed by atoms with E-state index in [1.165, 1.54) is 24.0 Å². The molecule has 0 aliphatic heterocycles. The Labute approximate surface area is 124 Å². The van der Waals surface area contributed by atoms with Crippen LogP contribution in [0.1, 0.15) is 48.7 Å². The Hall–Kier alpha value is -1.61. The molecule has 0 radical (unpaired) electrons. The van der Waals surface area contributed by atoms with Gasteiger partial charge in [-0.25, -0.2) is 9.97 Å². The highest BCUT2D eigenvalue weighted by Gasteiger charge is 2.27. The Balaban J connectivity index is 1.78. The third-order valence-corrected chi connectivity index (χ3v) is 3.79. The number of benzene rings is 1. The largest absolute Gasteiger partial charge is 0.363 e. The summed E-state index contributed by atoms with van der Waals surface area (Å²) >= 11 is 6.08. The summed E-state index contributed by atoms with van der Waals surface area (Å²) in [5, 5.41) is 3.92. The normalized spacial score (nSPS) is 15.9. The molecule has 104 valence electrons. The highest BCUT2D eigenvalue weighted by atomic mass is 35.5. The minimum atomic E-state index is 0.189. The maximum absolute atomic E-state index is 6.08. The first-order chi connectivity index (χ1) is 9.61. The van der Waals surface area contributed by atoms with Crippen LogP contribution < -0.4 is 5.32 Å². The fourth-order valence-corrected chi connectivity index (χ4v) is 2.38. The van der Waals surface area contributed by atoms with Crippen LogP contribution >= 0.6 is 11.6 Å². The molecule has 0 spiro atoms. The molecule has 2 aromatic rings. The van der Waals surface area contributed by atoms with Gasteiger partial charge in [0.1, 0.15) is 16.8 Å². The zero-order chi connectivity index (χ0) is 14.1. The first-order valence-electron chi connectivity index (χ1n) is 6.99. The molecule has 1 atom stereocenters. The second-order valence-corrected chi connectivity index (χ2v) is 5.87. The maximum Gasteiger partial charge on any atom is 0.135 e. The lowest BCUT2D eigenvalue weighted by atomic mass is 10.1. The van der Waals surface area contributed by atoms with Crippen LogP contribution in [0.25, 0.3) is 0 Å². The molecule has 4 heteroatoms. The van der Waals surface area contributed by atoms with Crippen molar-refractivity contribution >= 4 is 17.4 Å². The molecule has 1 aliphatic rings. The third kappa shape index (κ3) is 3.10. The van der Waals surface area contributed by atoms with E-state index in [1.54, 1.807) is 6.07 Å². The van der Waals surface area contributed by atoms with E-state index in [4.69, 9.17) is 11.6 Å². The zero-order valence-corrected chi connectivity index (χ0v) is 12.5. The standard InChI is InChI=1S/C16H18ClN3/c1-10-3-5-12(6-4-10)11(2)18-15-9-14(17)19-16(20-15)13-7-8-13/h3-6,9,11,13H,7-8H2,1-2H3,(H,18,19,20). The molecule has 1 unspecified atom stereocenters. The van der Waals surface area contributed by atoms with Gasteiger partial charge in [-0.3, -0.25) is 0 Å². The van der Waals surface area contributed by atoms with Crippen LogP contribution in [0.15, 0.2) is 30.3 Å². The molecule has 1 aromatic heterocycles. The van der Waals surface area contributed by atoms with E-state index in [-0.39, 0.29) is 6.04 Å². The van der Waals surface area contributed by atoms with Crippen molar-refractivity contribution in [2.75, 3.05) is 5.32 Å². The van der Waals surface area contributed by atoms with Gasteiger partial charge in [0.05, 0.1) is 0 Å². The number of halogens is 1. The number of anilines is 1. The highest BCUT2D eigenvalue weighted by Crippen LogP contribution is 2.39. The first kappa shape index (κ1) is 13.4. The average molecular weight is 288 g/mol. The lowest BCUT2D eigenvalue weighted by Gasteiger charge is -2.16. The number of hydrogen-bond acceptors (Lipinski definition) is 3. The molecule has 20 heavy (non-hydrogen) atoms. The quantitative estimate of drug-likeness (QED) is 0.842. The van der Waals surface area contributed by atoms with Gasteiger partial charge in [-0.1, -0.05) is 41.4 Å². The molecular formula is C16H18ClN3. The van der Waals surface area contributed by atoms with Crippen LogP contribution in [0.3, 0.4) is 0 Å². The van der Waals surface area contributed by atoms with E-state index in [2.05, 4.69) is 53.4 Å². The van der Waals surface area contributed by atoms with Crippen molar-refractivity contribution in [2.24, 2.45) is 0 Å². The lowest BCUT2D eigenvalue weighted by molar-refractivity contribution is 0.854. The Morgan fingerprint density at radius 1 is 1.20 bits per heavy atom. The maximum atomic E-state index is 6.08. The Morgan fingerprint density at radius 2 is 1.90 bits per heavy atom. The monoisotopic (exact) mass is 287 g/mol. The van der Waals surface area contributed by atoms with Gasteiger partial charge in [-0.05, 0) is 32.3 Å². The molecule has 0 amide bonds. The highest BCUT2D eigenvalue weighted by molar-refractivity contribution is 6.29. The number of aryl methyl sites for hydroxylation is 1. The molecule has 3 nitrogen and oxygen atoms in total. The number of rotatable bonds is 4. The van der Waals surface area contributed by atoms with Gasteiger partial charge >= 0.3 is 0 Å². The van der Waals surface area contributed by atoms with Gasteiger partial charge in [-0.15, -0.1) is 0 Å². The molecule has 1 aliphatic carbocycles. The summed E-state index contributed by atoms with van der Waals surface area (Å²) in [6.45, 7) is 4.21. The van der Waals surface area contributed by atoms with Crippen molar-refractivity contribution in [1.82, 2.24) is 9.97 Å². The molecule has 1 fully saturated rings. The fraction of sp³-hybridized carbons (Fsp3) is 0.375. The predicted molar refractivity (Wildman–Crippen MR) is 82.2 cm³/mol. The van der Waals surface area contributed by atoms with Crippen LogP contribution in [-0.2, 0) is 0 Å². The minimum absolute atomic E-state index is 0.189. The average Bonchev–Trinajstić information content (AvgIpc) is 3.23. The van der Waals surface area contributed by atoms with Gasteiger partial charge in [0.2, 0.25) is 0 Å². The smallest absolute Gasteiger partial charge is 0.135 e. The molecule has 1 heterocycles. The Bertz CT molecular complexity index is 606. The molecule has 0 saturated heterocycles. The molecule has 1 saturated carbocycles. The fourth-order valence-electron chi connectivity index (χ4n) is 2.19. The van der Waals surface area contributed by atoms with Crippen molar-refractivity contribution < 1.29 is 0 Å². The summed E-state index contributed by atoms with van der Waals surface area (Å²) in [6.07, 6.45) is 2.35. The number of aromatic nitrogens is 2. The molecule has 0 bridgehead atoms. The van der Waals surface area contributed by atoms with E-state index >= 15 is 0 Å². The number of nitrogens with one attached hydrogen (secondary N) is 1. The van der Waals surface area contributed by atoms with Gasteiger partial charge < -0.3 is 5.32 Å². The van der Waals surface area contributed by atoms with Crippen LogP contribution in [0.5, 0.6) is 0 Å². The van der Waals surface area contributed by atoms with Crippen molar-refractivity contribution in [2.45, 2.75) is 38.6 Å². The van der Waals surface area contributed by atoms with E-state index < -0.39 is 0 Å². The van der Waals surface area contributed by atoms with E-state index in [0.717, 1.165) is 11.6 Å². The minimum Gasteiger partial charge on any atom is -0.363 e. The first-order valence-corrected chi connectivity index (χ1v) is 7.37. The summed E-state index contributed by atoms with van der Waals surface area (Å²) in [5.41, 5.74) is 2.50. The molecular weight excluding hydrogens is 270 g/mol. The van der Waals surface area contributed by atoms with E-state index in [1.807, 2.05) is 0 Å². The van der Waals surface area contributed by atoms with Crippen molar-refractivity contribution in [3.63, 3.8) is 0 Å². The number of hydrogen-bond donors (Lipinski definition) is 1. The summed E-state index contributed by atoms with van der Waals surface area (Å²) in [6, 6.07) is 10.5. The SMILES string of the molecule is Cc1ccc(C(C)Nc2cc(Cl)nc(C3CC3)n2)cc1. The van der Waals surface area contributed by atoms with E-state index in [0.29, 0.717) is 11.1 Å². The van der Waals surface area contributed by atoms with Crippen molar-refractivity contribution in [3.8, 4) is 0 Å². The number of nitrogens with zero attached hydrogens (tertiary/aromatic N) is 2. The second-order valence-electron chi connectivity index (χ2n) is 5.49. The second kappa shape index (κ2) is 5.41. The van der Waals surface area contributed by atoms with Crippen LogP contribution in [0.2, 0.25) is 5.15 Å². The van der Waals surface area contributed by atoms with E-state index in [9.17, 15) is 0 Å². The Kier molecular flexibility index (Phi) is 3.62. The summed E-state index contributed by atoms with van der Waals surface area (Å²) < 4.78 is 0. The molecule has 1 aromatic carbocycles. The topological polar surface area (TPSA) is 37.8 Å². The van der Waals surface area contributed by atoms with Gasteiger partial charge in [0.25, 0.3) is 0 Å². The summed E-state index contributed by atoms with van der Waals surface area (Å²) in [7, 11) is 0. The van der Waals surface area contributed by atoms with Crippen LogP contribution in [-0.4, -0.2) is 9.97 Å². The third-order valence-electron chi connectivity index (χ3n) is 3.60. The zero-order valence-electron chi connectivity index (χ0n) is 11.7. The van der Waals surface area contributed by atoms with Gasteiger partial charge in [-0.2, -0.15) is 0 Å². The lowest BCUT2D eigenvalue weighted by Crippen LogP contribution is -2.09. The van der Waals surface area contributed by atoms with Gasteiger partial charge in [0, 0.05) is 18.0 Å². The summed E-state index contributed by atoms with van der Waals surface area (Å²) in [4.78, 5) is 8.87. The molecule has 3 rings (SSSR count). The molecule has 1 N–H and O–H groups in total. The van der Waals surface area contributed by atoms with Crippen LogP contribution in [0, 0.1) is 6.92 Å². The Morgan fingerprint density at radius 3 is 2.55 bits per heavy atom. The summed E-state index contributed by atoms with van der Waals surface area (Å²) in [5.74, 6) is 2.18. The predicted octanol–water partition coefficient (Wildman–Crippen LogP) is 4.49. The van der Waals surface area contributed by atoms with Crippen molar-refractivity contribution in [3.05, 3.63) is 52.4 Å². The van der Waals surface area contributed by atoms with Crippen molar-refractivity contribution in [1.29, 1.82) is 0 Å². The van der Waals surface area contributed by atoms with Gasteiger partial charge in [0.15, 0.2) is 0 Å². The van der Waals surface area contributed by atoms with Crippen LogP contribution in [0.4, 0.5) is 5.82 Å².